The zero-order valence-electron chi connectivity index (χ0n) is 18.9. The van der Waals surface area contributed by atoms with Crippen molar-refractivity contribution in [2.75, 3.05) is 13.2 Å². The van der Waals surface area contributed by atoms with Gasteiger partial charge < -0.3 is 20.3 Å². The molecule has 1 heterocycles. The van der Waals surface area contributed by atoms with Gasteiger partial charge in [0, 0.05) is 16.5 Å². The van der Waals surface area contributed by atoms with Crippen LogP contribution in [0.3, 0.4) is 0 Å². The third-order valence-corrected chi connectivity index (χ3v) is 6.27. The Labute approximate surface area is 193 Å². The van der Waals surface area contributed by atoms with Crippen LogP contribution in [0.2, 0.25) is 0 Å². The summed E-state index contributed by atoms with van der Waals surface area (Å²) in [4.78, 5) is 6.03. The van der Waals surface area contributed by atoms with Crippen LogP contribution in [0, 0.1) is 12.3 Å². The maximum absolute atomic E-state index is 9.84. The number of nitrogens with two attached hydrogens (primary N) is 1. The number of ether oxygens (including phenoxy) is 2. The quantitative estimate of drug-likeness (QED) is 0.192. The molecule has 170 valence electrons. The summed E-state index contributed by atoms with van der Waals surface area (Å²) >= 11 is 1.77. The Hall–Kier alpha value is -3.06. The molecule has 7 heteroatoms. The van der Waals surface area contributed by atoms with E-state index >= 15 is 0 Å². The van der Waals surface area contributed by atoms with Crippen LogP contribution in [0.4, 0.5) is 0 Å². The van der Waals surface area contributed by atoms with E-state index in [1.165, 1.54) is 10.9 Å². The molecule has 2 aromatic carbocycles. The zero-order chi connectivity index (χ0) is 23.1. The molecule has 0 aliphatic carbocycles. The molecule has 0 amide bonds. The number of thiazole rings is 1. The molecule has 3 rings (SSSR count). The zero-order valence-corrected chi connectivity index (χ0v) is 19.7. The number of nitrogen functional groups attached to an aromatic ring is 1. The fourth-order valence-corrected chi connectivity index (χ4v) is 4.29. The van der Waals surface area contributed by atoms with E-state index < -0.39 is 0 Å². The molecule has 1 aromatic heterocycles. The molecule has 0 saturated carbocycles. The van der Waals surface area contributed by atoms with Gasteiger partial charge in [-0.25, -0.2) is 4.98 Å². The molecular formula is C25H31N3O3S. The van der Waals surface area contributed by atoms with Crippen molar-refractivity contribution in [1.82, 2.24) is 4.98 Å². The molecule has 0 aliphatic heterocycles. The van der Waals surface area contributed by atoms with E-state index in [1.807, 2.05) is 12.1 Å². The summed E-state index contributed by atoms with van der Waals surface area (Å²) in [5.74, 6) is 1.69. The number of unbranched alkanes of at least 4 members (excludes halogenated alkanes) is 2. The number of rotatable bonds is 11. The smallest absolute Gasteiger partial charge is 0.130 e. The lowest BCUT2D eigenvalue weighted by Crippen LogP contribution is -2.11. The SMILES string of the molecule is Cc1nc(-c2ccc(OCCCCCOc3ccc(C(=N)N)c(O)c3)cc2)c(C(C)C)s1. The predicted molar refractivity (Wildman–Crippen MR) is 130 cm³/mol. The summed E-state index contributed by atoms with van der Waals surface area (Å²) in [5, 5.41) is 18.3. The largest absolute Gasteiger partial charge is 0.507 e. The average molecular weight is 454 g/mol. The van der Waals surface area contributed by atoms with Crippen LogP contribution in [-0.4, -0.2) is 29.1 Å². The van der Waals surface area contributed by atoms with E-state index in [-0.39, 0.29) is 11.6 Å². The van der Waals surface area contributed by atoms with Crippen LogP contribution < -0.4 is 15.2 Å². The predicted octanol–water partition coefficient (Wildman–Crippen LogP) is 5.86. The van der Waals surface area contributed by atoms with Gasteiger partial charge in [0.05, 0.1) is 29.5 Å². The minimum absolute atomic E-state index is 0.0419. The Morgan fingerprint density at radius 2 is 1.66 bits per heavy atom. The lowest BCUT2D eigenvalue weighted by Gasteiger charge is -2.10. The van der Waals surface area contributed by atoms with Gasteiger partial charge in [-0.05, 0) is 68.5 Å². The third kappa shape index (κ3) is 6.23. The minimum Gasteiger partial charge on any atom is -0.507 e. The Morgan fingerprint density at radius 3 is 2.25 bits per heavy atom. The van der Waals surface area contributed by atoms with Gasteiger partial charge in [-0.15, -0.1) is 11.3 Å². The normalized spacial score (nSPS) is 11.0. The van der Waals surface area contributed by atoms with Crippen LogP contribution in [0.25, 0.3) is 11.3 Å². The fourth-order valence-electron chi connectivity index (χ4n) is 3.34. The minimum atomic E-state index is -0.165. The molecule has 0 radical (unpaired) electrons. The number of aromatic nitrogens is 1. The lowest BCUT2D eigenvalue weighted by atomic mass is 10.1. The standard InChI is InChI=1S/C25H31N3O3S/c1-16(2)24-23(28-17(3)32-24)18-7-9-19(10-8-18)30-13-5-4-6-14-31-20-11-12-21(25(26)27)22(29)15-20/h7-12,15-16,29H,4-6,13-14H2,1-3H3,(H3,26,27). The summed E-state index contributed by atoms with van der Waals surface area (Å²) in [7, 11) is 0. The van der Waals surface area contributed by atoms with Crippen LogP contribution in [0.15, 0.2) is 42.5 Å². The highest BCUT2D eigenvalue weighted by molar-refractivity contribution is 7.12. The Morgan fingerprint density at radius 1 is 1.03 bits per heavy atom. The summed E-state index contributed by atoms with van der Waals surface area (Å²) in [5.41, 5.74) is 7.92. The summed E-state index contributed by atoms with van der Waals surface area (Å²) < 4.78 is 11.5. The van der Waals surface area contributed by atoms with Crippen molar-refractivity contribution < 1.29 is 14.6 Å². The van der Waals surface area contributed by atoms with Crippen molar-refractivity contribution >= 4 is 17.2 Å². The first-order chi connectivity index (χ1) is 15.3. The molecular weight excluding hydrogens is 422 g/mol. The Kier molecular flexibility index (Phi) is 8.11. The van der Waals surface area contributed by atoms with Crippen molar-refractivity contribution in [3.63, 3.8) is 0 Å². The first-order valence-corrected chi connectivity index (χ1v) is 11.7. The molecule has 3 aromatic rings. The van der Waals surface area contributed by atoms with E-state index in [0.717, 1.165) is 41.3 Å². The monoisotopic (exact) mass is 453 g/mol. The van der Waals surface area contributed by atoms with Crippen LogP contribution in [-0.2, 0) is 0 Å². The van der Waals surface area contributed by atoms with E-state index in [2.05, 4.69) is 32.9 Å². The summed E-state index contributed by atoms with van der Waals surface area (Å²) in [6.07, 6.45) is 2.80. The fraction of sp³-hybridized carbons (Fsp3) is 0.360. The summed E-state index contributed by atoms with van der Waals surface area (Å²) in [6.45, 7) is 7.66. The van der Waals surface area contributed by atoms with Crippen molar-refractivity contribution in [3.8, 4) is 28.5 Å². The van der Waals surface area contributed by atoms with Crippen LogP contribution in [0.5, 0.6) is 17.2 Å². The molecule has 0 saturated heterocycles. The van der Waals surface area contributed by atoms with Crippen molar-refractivity contribution in [2.45, 2.75) is 46.0 Å². The third-order valence-electron chi connectivity index (χ3n) is 5.00. The molecule has 6 nitrogen and oxygen atoms in total. The first kappa shape index (κ1) is 23.6. The van der Waals surface area contributed by atoms with Gasteiger partial charge in [-0.2, -0.15) is 0 Å². The van der Waals surface area contributed by atoms with Gasteiger partial charge in [0.2, 0.25) is 0 Å². The van der Waals surface area contributed by atoms with Gasteiger partial charge >= 0.3 is 0 Å². The van der Waals surface area contributed by atoms with Gasteiger partial charge in [0.15, 0.2) is 0 Å². The second-order valence-corrected chi connectivity index (χ2v) is 9.21. The maximum atomic E-state index is 9.84. The molecule has 0 unspecified atom stereocenters. The highest BCUT2D eigenvalue weighted by Gasteiger charge is 2.14. The van der Waals surface area contributed by atoms with Gasteiger partial charge in [-0.3, -0.25) is 5.41 Å². The van der Waals surface area contributed by atoms with E-state index in [9.17, 15) is 5.11 Å². The molecule has 0 aliphatic rings. The lowest BCUT2D eigenvalue weighted by molar-refractivity contribution is 0.279. The number of benzene rings is 2. The van der Waals surface area contributed by atoms with E-state index in [4.69, 9.17) is 25.6 Å². The van der Waals surface area contributed by atoms with Crippen LogP contribution >= 0.6 is 11.3 Å². The van der Waals surface area contributed by atoms with Crippen LogP contribution in [0.1, 0.15) is 54.5 Å². The second-order valence-electron chi connectivity index (χ2n) is 7.98. The Balaban J connectivity index is 1.37. The maximum Gasteiger partial charge on any atom is 0.130 e. The topological polar surface area (TPSA) is 101 Å². The number of amidine groups is 1. The molecule has 32 heavy (non-hydrogen) atoms. The molecule has 4 N–H and O–H groups in total. The highest BCUT2D eigenvalue weighted by atomic mass is 32.1. The van der Waals surface area contributed by atoms with E-state index in [1.54, 1.807) is 23.5 Å². The number of aryl methyl sites for hydroxylation is 1. The Bertz CT molecular complexity index is 1050. The van der Waals surface area contributed by atoms with Crippen molar-refractivity contribution in [3.05, 3.63) is 57.9 Å². The molecule has 0 atom stereocenters. The van der Waals surface area contributed by atoms with E-state index in [0.29, 0.717) is 30.4 Å². The number of hydrogen-bond acceptors (Lipinski definition) is 6. The number of phenols is 1. The number of nitrogens with zero attached hydrogens (tertiary/aromatic N) is 1. The second kappa shape index (κ2) is 11.0. The number of aromatic hydroxyl groups is 1. The van der Waals surface area contributed by atoms with Crippen molar-refractivity contribution in [1.29, 1.82) is 5.41 Å². The van der Waals surface area contributed by atoms with Gasteiger partial charge in [0.1, 0.15) is 23.1 Å². The molecule has 0 spiro atoms. The molecule has 0 bridgehead atoms. The number of hydrogen-bond donors (Lipinski definition) is 3. The molecule has 0 fully saturated rings. The van der Waals surface area contributed by atoms with Gasteiger partial charge in [-0.1, -0.05) is 13.8 Å². The number of nitrogens with one attached hydrogen (secondary N) is 1. The van der Waals surface area contributed by atoms with Crippen molar-refractivity contribution in [2.24, 2.45) is 5.73 Å². The first-order valence-electron chi connectivity index (χ1n) is 10.9. The average Bonchev–Trinajstić information content (AvgIpc) is 3.15. The highest BCUT2D eigenvalue weighted by Crippen LogP contribution is 2.34. The van der Waals surface area contributed by atoms with Gasteiger partial charge in [0.25, 0.3) is 0 Å². The number of phenolic OH excluding ortho intramolecular Hbond substituents is 1. The summed E-state index contributed by atoms with van der Waals surface area (Å²) in [6, 6.07) is 13.0.